The summed E-state index contributed by atoms with van der Waals surface area (Å²) in [7, 11) is 0. The second kappa shape index (κ2) is 8.07. The third-order valence-electron chi connectivity index (χ3n) is 4.28. The van der Waals surface area contributed by atoms with Gasteiger partial charge < -0.3 is 9.84 Å². The van der Waals surface area contributed by atoms with E-state index < -0.39 is 18.0 Å². The smallest absolute Gasteiger partial charge is 0.410 e. The molecule has 0 bridgehead atoms. The molecule has 1 atom stereocenters. The van der Waals surface area contributed by atoms with Gasteiger partial charge >= 0.3 is 6.09 Å². The Balaban J connectivity index is 1.77. The molecule has 10 heteroatoms. The van der Waals surface area contributed by atoms with Crippen LogP contribution >= 0.6 is 15.9 Å². The summed E-state index contributed by atoms with van der Waals surface area (Å²) in [5.74, 6) is -0.280. The lowest BCUT2D eigenvalue weighted by Crippen LogP contribution is -2.14. The maximum atomic E-state index is 13.7. The maximum absolute atomic E-state index is 13.7. The molecule has 0 radical (unpaired) electrons. The van der Waals surface area contributed by atoms with Crippen molar-refractivity contribution in [2.45, 2.75) is 13.0 Å². The van der Waals surface area contributed by atoms with Crippen molar-refractivity contribution in [2.75, 3.05) is 5.32 Å². The number of hydrogen-bond acceptors (Lipinski definition) is 5. The Hall–Kier alpha value is -3.53. The Morgan fingerprint density at radius 3 is 2.83 bits per heavy atom. The molecule has 0 aliphatic carbocycles. The molecule has 0 saturated carbocycles. The van der Waals surface area contributed by atoms with Gasteiger partial charge in [0.15, 0.2) is 11.6 Å². The lowest BCUT2D eigenvalue weighted by atomic mass is 10.2. The number of carboxylic acid groups (broad SMARTS) is 1. The van der Waals surface area contributed by atoms with Crippen LogP contribution in [-0.2, 0) is 0 Å². The van der Waals surface area contributed by atoms with E-state index in [1.165, 1.54) is 18.2 Å². The number of pyridine rings is 2. The van der Waals surface area contributed by atoms with Crippen LogP contribution in [0.25, 0.3) is 16.6 Å². The first-order valence-electron chi connectivity index (χ1n) is 8.84. The van der Waals surface area contributed by atoms with Gasteiger partial charge in [-0.1, -0.05) is 0 Å². The number of fused-ring (bicyclic) bond motifs is 1. The molecule has 0 saturated heterocycles. The summed E-state index contributed by atoms with van der Waals surface area (Å²) in [5.41, 5.74) is 1.69. The van der Waals surface area contributed by atoms with Gasteiger partial charge in [0, 0.05) is 17.8 Å². The second-order valence-corrected chi connectivity index (χ2v) is 7.16. The lowest BCUT2D eigenvalue weighted by molar-refractivity contribution is 0.207. The highest BCUT2D eigenvalue weighted by Crippen LogP contribution is 2.33. The van der Waals surface area contributed by atoms with Crippen LogP contribution in [-0.4, -0.2) is 30.9 Å². The molecule has 0 aliphatic rings. The third-order valence-corrected chi connectivity index (χ3v) is 4.72. The number of nitrogens with one attached hydrogen (secondary N) is 1. The minimum atomic E-state index is -1.29. The van der Waals surface area contributed by atoms with Crippen LogP contribution in [0.4, 0.5) is 15.0 Å². The number of carbonyl (C=O) groups is 1. The monoisotopic (exact) mass is 471 g/mol. The molecule has 0 aliphatic heterocycles. The van der Waals surface area contributed by atoms with E-state index in [0.717, 1.165) is 0 Å². The number of anilines is 1. The summed E-state index contributed by atoms with van der Waals surface area (Å²) >= 11 is 3.36. The van der Waals surface area contributed by atoms with E-state index in [2.05, 4.69) is 36.3 Å². The number of hydrogen-bond donors (Lipinski definition) is 2. The zero-order valence-corrected chi connectivity index (χ0v) is 17.2. The van der Waals surface area contributed by atoms with E-state index in [-0.39, 0.29) is 11.6 Å². The van der Waals surface area contributed by atoms with Crippen molar-refractivity contribution in [1.29, 1.82) is 0 Å². The Labute approximate surface area is 178 Å². The van der Waals surface area contributed by atoms with Crippen LogP contribution < -0.4 is 10.1 Å². The standard InChI is InChI=1S/C20H15BrFN5O3/c1-11(18-15(5-6-17(21)25-18)27-8-2-7-23-27)30-16-10-12-9-13(22)3-4-14(12)24-19(16)26-20(28)29/h2-11H,1H3,(H,24,26)(H,28,29). The molecule has 0 spiro atoms. The first kappa shape index (κ1) is 19.8. The minimum absolute atomic E-state index is 0.00379. The van der Waals surface area contributed by atoms with E-state index >= 15 is 0 Å². The third kappa shape index (κ3) is 4.08. The Morgan fingerprint density at radius 1 is 1.27 bits per heavy atom. The molecule has 1 unspecified atom stereocenters. The summed E-state index contributed by atoms with van der Waals surface area (Å²) in [5, 5.41) is 16.1. The Kier molecular flexibility index (Phi) is 5.32. The highest BCUT2D eigenvalue weighted by Gasteiger charge is 2.20. The van der Waals surface area contributed by atoms with Gasteiger partial charge in [-0.05, 0) is 65.3 Å². The van der Waals surface area contributed by atoms with Gasteiger partial charge in [-0.15, -0.1) is 0 Å². The summed E-state index contributed by atoms with van der Waals surface area (Å²) in [6.45, 7) is 1.77. The predicted octanol–water partition coefficient (Wildman–Crippen LogP) is 4.95. The van der Waals surface area contributed by atoms with E-state index in [0.29, 0.717) is 26.9 Å². The van der Waals surface area contributed by atoms with Crippen molar-refractivity contribution in [2.24, 2.45) is 0 Å². The summed E-state index contributed by atoms with van der Waals surface area (Å²) in [6, 6.07) is 11.0. The van der Waals surface area contributed by atoms with E-state index in [1.54, 1.807) is 42.2 Å². The van der Waals surface area contributed by atoms with Crippen LogP contribution in [0.2, 0.25) is 0 Å². The van der Waals surface area contributed by atoms with Crippen molar-refractivity contribution < 1.29 is 19.0 Å². The molecule has 30 heavy (non-hydrogen) atoms. The minimum Gasteiger partial charge on any atom is -0.480 e. The number of aromatic nitrogens is 4. The summed E-state index contributed by atoms with van der Waals surface area (Å²) < 4.78 is 22.0. The topological polar surface area (TPSA) is 102 Å². The maximum Gasteiger partial charge on any atom is 0.410 e. The van der Waals surface area contributed by atoms with Crippen molar-refractivity contribution in [3.05, 3.63) is 71.0 Å². The first-order chi connectivity index (χ1) is 14.4. The quantitative estimate of drug-likeness (QED) is 0.399. The highest BCUT2D eigenvalue weighted by atomic mass is 79.9. The second-order valence-electron chi connectivity index (χ2n) is 6.35. The Bertz CT molecular complexity index is 1230. The molecule has 152 valence electrons. The zero-order valence-electron chi connectivity index (χ0n) is 15.6. The van der Waals surface area contributed by atoms with Crippen LogP contribution in [0, 0.1) is 5.82 Å². The largest absolute Gasteiger partial charge is 0.480 e. The van der Waals surface area contributed by atoms with Gasteiger partial charge in [0.05, 0.1) is 11.2 Å². The molecule has 4 rings (SSSR count). The molecule has 8 nitrogen and oxygen atoms in total. The van der Waals surface area contributed by atoms with E-state index in [9.17, 15) is 9.18 Å². The normalized spacial score (nSPS) is 12.0. The van der Waals surface area contributed by atoms with Crippen molar-refractivity contribution >= 4 is 38.7 Å². The lowest BCUT2D eigenvalue weighted by Gasteiger charge is -2.19. The van der Waals surface area contributed by atoms with Gasteiger partial charge in [0.25, 0.3) is 0 Å². The van der Waals surface area contributed by atoms with E-state index in [1.807, 2.05) is 6.07 Å². The SMILES string of the molecule is CC(Oc1cc2cc(F)ccc2nc1NC(=O)O)c1nc(Br)ccc1-n1cccn1. The fourth-order valence-corrected chi connectivity index (χ4v) is 3.32. The first-order valence-corrected chi connectivity index (χ1v) is 9.63. The zero-order chi connectivity index (χ0) is 21.3. The molecule has 1 aromatic carbocycles. The van der Waals surface area contributed by atoms with Gasteiger partial charge in [-0.3, -0.25) is 5.32 Å². The molecule has 4 aromatic rings. The molecular formula is C20H15BrFN5O3. The molecule has 2 N–H and O–H groups in total. The average molecular weight is 472 g/mol. The fraction of sp³-hybridized carbons (Fsp3) is 0.100. The number of nitrogens with zero attached hydrogens (tertiary/aromatic N) is 4. The van der Waals surface area contributed by atoms with Gasteiger partial charge in [-0.25, -0.2) is 23.8 Å². The molecule has 0 fully saturated rings. The molecule has 3 aromatic heterocycles. The van der Waals surface area contributed by atoms with Gasteiger partial charge in [0.2, 0.25) is 0 Å². The predicted molar refractivity (Wildman–Crippen MR) is 111 cm³/mol. The van der Waals surface area contributed by atoms with Crippen molar-refractivity contribution in [3.63, 3.8) is 0 Å². The van der Waals surface area contributed by atoms with Crippen molar-refractivity contribution in [1.82, 2.24) is 19.7 Å². The van der Waals surface area contributed by atoms with Crippen LogP contribution in [0.15, 0.2) is 59.5 Å². The van der Waals surface area contributed by atoms with Crippen molar-refractivity contribution in [3.8, 4) is 11.4 Å². The number of halogens is 2. The fourth-order valence-electron chi connectivity index (χ4n) is 3.00. The van der Waals surface area contributed by atoms with E-state index in [4.69, 9.17) is 9.84 Å². The number of amides is 1. The number of rotatable bonds is 5. The van der Waals surface area contributed by atoms with Gasteiger partial charge in [-0.2, -0.15) is 5.10 Å². The number of ether oxygens (including phenoxy) is 1. The molecule has 1 amide bonds. The Morgan fingerprint density at radius 2 is 2.10 bits per heavy atom. The molecule has 3 heterocycles. The van der Waals surface area contributed by atoms with Crippen LogP contribution in [0.1, 0.15) is 18.7 Å². The van der Waals surface area contributed by atoms with Gasteiger partial charge in [0.1, 0.15) is 22.2 Å². The summed E-state index contributed by atoms with van der Waals surface area (Å²) in [6.07, 6.45) is 1.52. The number of benzene rings is 1. The van der Waals surface area contributed by atoms with Crippen LogP contribution in [0.5, 0.6) is 5.75 Å². The molecular weight excluding hydrogens is 457 g/mol. The van der Waals surface area contributed by atoms with Crippen LogP contribution in [0.3, 0.4) is 0 Å². The average Bonchev–Trinajstić information content (AvgIpc) is 3.22. The summed E-state index contributed by atoms with van der Waals surface area (Å²) in [4.78, 5) is 20.0. The highest BCUT2D eigenvalue weighted by molar-refractivity contribution is 9.10.